The smallest absolute Gasteiger partial charge is 0.242 e. The topological polar surface area (TPSA) is 59.1 Å². The minimum atomic E-state index is -0.355. The fourth-order valence-electron chi connectivity index (χ4n) is 4.21. The lowest BCUT2D eigenvalue weighted by Gasteiger charge is -2.26. The van der Waals surface area contributed by atoms with Gasteiger partial charge >= 0.3 is 0 Å². The van der Waals surface area contributed by atoms with Crippen molar-refractivity contribution in [3.63, 3.8) is 0 Å². The molecule has 0 bridgehead atoms. The highest BCUT2D eigenvalue weighted by Gasteiger charge is 2.35. The summed E-state index contributed by atoms with van der Waals surface area (Å²) in [5, 5.41) is 0. The lowest BCUT2D eigenvalue weighted by atomic mass is 10.1. The monoisotopic (exact) mass is 440 g/mol. The molecule has 4 rings (SSSR count). The molecule has 6 nitrogen and oxygen atoms in total. The number of halogens is 1. The van der Waals surface area contributed by atoms with Crippen molar-refractivity contribution in [2.24, 2.45) is 5.92 Å². The molecule has 2 aromatic rings. The molecule has 0 saturated carbocycles. The number of nitrogens with zero attached hydrogens (tertiary/aromatic N) is 2. The van der Waals surface area contributed by atoms with E-state index in [9.17, 15) is 14.0 Å². The fourth-order valence-corrected chi connectivity index (χ4v) is 4.21. The highest BCUT2D eigenvalue weighted by atomic mass is 19.1. The Morgan fingerprint density at radius 3 is 2.66 bits per heavy atom. The van der Waals surface area contributed by atoms with Gasteiger partial charge in [0.05, 0.1) is 31.8 Å². The Morgan fingerprint density at radius 1 is 1.09 bits per heavy atom. The molecule has 170 valence electrons. The zero-order valence-electron chi connectivity index (χ0n) is 18.1. The second kappa shape index (κ2) is 10.7. The van der Waals surface area contributed by atoms with Crippen LogP contribution in [0.1, 0.15) is 17.5 Å². The van der Waals surface area contributed by atoms with Crippen LogP contribution in [0.25, 0.3) is 0 Å². The first-order valence-electron chi connectivity index (χ1n) is 11.1. The van der Waals surface area contributed by atoms with E-state index in [1.165, 1.54) is 12.1 Å². The Morgan fingerprint density at radius 2 is 1.91 bits per heavy atom. The van der Waals surface area contributed by atoms with Gasteiger partial charge in [0.2, 0.25) is 11.8 Å². The SMILES string of the molecule is O=C1CN(C(=O)[C@H]2CCOC2)C[C@H](OCc2cccc(F)c2)CN1CCc1ccccc1. The summed E-state index contributed by atoms with van der Waals surface area (Å²) in [4.78, 5) is 29.4. The molecule has 0 spiro atoms. The second-order valence-corrected chi connectivity index (χ2v) is 8.42. The number of hydrogen-bond donors (Lipinski definition) is 0. The molecule has 2 amide bonds. The minimum absolute atomic E-state index is 0.0456. The third-order valence-electron chi connectivity index (χ3n) is 6.01. The normalized spacial score (nSPS) is 21.6. The number of benzene rings is 2. The second-order valence-electron chi connectivity index (χ2n) is 8.42. The van der Waals surface area contributed by atoms with E-state index in [1.807, 2.05) is 30.3 Å². The summed E-state index contributed by atoms with van der Waals surface area (Å²) in [6.45, 7) is 2.51. The van der Waals surface area contributed by atoms with E-state index in [-0.39, 0.29) is 42.8 Å². The van der Waals surface area contributed by atoms with Crippen molar-refractivity contribution >= 4 is 11.8 Å². The third-order valence-corrected chi connectivity index (χ3v) is 6.01. The summed E-state index contributed by atoms with van der Waals surface area (Å²) in [5.41, 5.74) is 1.87. The molecule has 0 N–H and O–H groups in total. The average Bonchev–Trinajstić information content (AvgIpc) is 3.29. The largest absolute Gasteiger partial charge is 0.381 e. The number of carbonyl (C=O) groups is 2. The first-order chi connectivity index (χ1) is 15.6. The minimum Gasteiger partial charge on any atom is -0.381 e. The molecule has 32 heavy (non-hydrogen) atoms. The summed E-state index contributed by atoms with van der Waals surface area (Å²) in [6, 6.07) is 16.3. The van der Waals surface area contributed by atoms with Crippen molar-refractivity contribution in [2.75, 3.05) is 39.4 Å². The molecule has 2 fully saturated rings. The van der Waals surface area contributed by atoms with Crippen molar-refractivity contribution < 1.29 is 23.5 Å². The van der Waals surface area contributed by atoms with Crippen LogP contribution in [0.2, 0.25) is 0 Å². The average molecular weight is 441 g/mol. The molecule has 2 atom stereocenters. The molecule has 0 aromatic heterocycles. The van der Waals surface area contributed by atoms with Gasteiger partial charge in [0.15, 0.2) is 0 Å². The molecule has 2 saturated heterocycles. The van der Waals surface area contributed by atoms with E-state index in [1.54, 1.807) is 21.9 Å². The number of amides is 2. The van der Waals surface area contributed by atoms with Crippen LogP contribution in [-0.4, -0.2) is 67.1 Å². The van der Waals surface area contributed by atoms with Gasteiger partial charge in [0.1, 0.15) is 5.82 Å². The van der Waals surface area contributed by atoms with Crippen LogP contribution in [0.3, 0.4) is 0 Å². The molecule has 2 aromatic carbocycles. The van der Waals surface area contributed by atoms with Crippen LogP contribution >= 0.6 is 0 Å². The molecule has 0 aliphatic carbocycles. The Balaban J connectivity index is 1.45. The van der Waals surface area contributed by atoms with Crippen LogP contribution in [0.15, 0.2) is 54.6 Å². The Bertz CT molecular complexity index is 917. The van der Waals surface area contributed by atoms with E-state index in [2.05, 4.69) is 0 Å². The van der Waals surface area contributed by atoms with E-state index in [0.717, 1.165) is 17.5 Å². The van der Waals surface area contributed by atoms with Gasteiger partial charge in [0.25, 0.3) is 0 Å². The Kier molecular flexibility index (Phi) is 7.50. The first-order valence-corrected chi connectivity index (χ1v) is 11.1. The van der Waals surface area contributed by atoms with Gasteiger partial charge in [-0.25, -0.2) is 4.39 Å². The van der Waals surface area contributed by atoms with Crippen LogP contribution < -0.4 is 0 Å². The summed E-state index contributed by atoms with van der Waals surface area (Å²) >= 11 is 0. The van der Waals surface area contributed by atoms with Gasteiger partial charge in [-0.2, -0.15) is 0 Å². The zero-order chi connectivity index (χ0) is 22.3. The van der Waals surface area contributed by atoms with Crippen molar-refractivity contribution in [2.45, 2.75) is 25.6 Å². The predicted molar refractivity (Wildman–Crippen MR) is 117 cm³/mol. The molecular weight excluding hydrogens is 411 g/mol. The summed E-state index contributed by atoms with van der Waals surface area (Å²) in [5.74, 6) is -0.655. The Labute approximate surface area is 187 Å². The highest BCUT2D eigenvalue weighted by Crippen LogP contribution is 2.19. The fraction of sp³-hybridized carbons (Fsp3) is 0.440. The molecule has 0 radical (unpaired) electrons. The quantitative estimate of drug-likeness (QED) is 0.664. The van der Waals surface area contributed by atoms with Gasteiger partial charge < -0.3 is 19.3 Å². The zero-order valence-corrected chi connectivity index (χ0v) is 18.1. The Hall–Kier alpha value is -2.77. The van der Waals surface area contributed by atoms with Gasteiger partial charge in [-0.05, 0) is 36.1 Å². The van der Waals surface area contributed by atoms with Crippen LogP contribution in [0.4, 0.5) is 4.39 Å². The van der Waals surface area contributed by atoms with E-state index >= 15 is 0 Å². The maximum Gasteiger partial charge on any atom is 0.242 e. The third kappa shape index (κ3) is 5.93. The van der Waals surface area contributed by atoms with Gasteiger partial charge in [-0.15, -0.1) is 0 Å². The molecular formula is C25H29FN2O4. The standard InChI is InChI=1S/C25H29FN2O4/c26-22-8-4-7-20(13-22)17-32-23-14-27(11-9-19-5-2-1-3-6-19)24(29)16-28(15-23)25(30)21-10-12-31-18-21/h1-8,13,21,23H,9-12,14-18H2/t21-,23+/m0/s1. The van der Waals surface area contributed by atoms with Crippen molar-refractivity contribution in [3.05, 3.63) is 71.5 Å². The van der Waals surface area contributed by atoms with E-state index < -0.39 is 0 Å². The van der Waals surface area contributed by atoms with Crippen molar-refractivity contribution in [1.82, 2.24) is 9.80 Å². The number of ether oxygens (including phenoxy) is 2. The summed E-state index contributed by atoms with van der Waals surface area (Å²) in [7, 11) is 0. The number of carbonyl (C=O) groups excluding carboxylic acids is 2. The van der Waals surface area contributed by atoms with Gasteiger partial charge in [0, 0.05) is 26.2 Å². The van der Waals surface area contributed by atoms with Crippen LogP contribution in [0, 0.1) is 11.7 Å². The van der Waals surface area contributed by atoms with Gasteiger partial charge in [-0.1, -0.05) is 42.5 Å². The molecule has 7 heteroatoms. The maximum atomic E-state index is 13.5. The molecule has 0 unspecified atom stereocenters. The van der Waals surface area contributed by atoms with Crippen molar-refractivity contribution in [3.8, 4) is 0 Å². The molecule has 2 aliphatic heterocycles. The highest BCUT2D eigenvalue weighted by molar-refractivity contribution is 5.86. The predicted octanol–water partition coefficient (Wildman–Crippen LogP) is 2.66. The van der Waals surface area contributed by atoms with Crippen LogP contribution in [0.5, 0.6) is 0 Å². The first kappa shape index (κ1) is 22.4. The van der Waals surface area contributed by atoms with Gasteiger partial charge in [-0.3, -0.25) is 9.59 Å². The lowest BCUT2D eigenvalue weighted by molar-refractivity contribution is -0.141. The summed E-state index contributed by atoms with van der Waals surface area (Å²) in [6.07, 6.45) is 1.05. The molecule has 2 heterocycles. The molecule has 2 aliphatic rings. The van der Waals surface area contributed by atoms with Crippen molar-refractivity contribution in [1.29, 1.82) is 0 Å². The van der Waals surface area contributed by atoms with E-state index in [4.69, 9.17) is 9.47 Å². The lowest BCUT2D eigenvalue weighted by Crippen LogP contribution is -2.43. The van der Waals surface area contributed by atoms with E-state index in [0.29, 0.717) is 39.3 Å². The summed E-state index contributed by atoms with van der Waals surface area (Å²) < 4.78 is 25.0. The van der Waals surface area contributed by atoms with Crippen LogP contribution in [-0.2, 0) is 32.1 Å². The maximum absolute atomic E-state index is 13.5. The number of rotatable bonds is 7. The number of hydrogen-bond acceptors (Lipinski definition) is 4.